The standard InChI is InChI=1S/C22H22N2O4S/c1-3-28-22(25)19-13-14-20(17-7-5-4-6-8-17)24(21(19)15-23)29(26,27)18-11-9-16(2)10-12-18/h4-13,20-21H,3,14H2,1-2H3/t20-,21-/m0/s1. The first-order chi connectivity index (χ1) is 13.9. The topological polar surface area (TPSA) is 87.5 Å². The van der Waals surface area contributed by atoms with E-state index < -0.39 is 28.1 Å². The summed E-state index contributed by atoms with van der Waals surface area (Å²) in [5.41, 5.74) is 1.73. The number of carbonyl (C=O) groups excluding carboxylic acids is 1. The van der Waals surface area contributed by atoms with Gasteiger partial charge >= 0.3 is 5.97 Å². The lowest BCUT2D eigenvalue weighted by atomic mass is 9.94. The number of nitriles is 1. The maximum atomic E-state index is 13.6. The molecule has 2 aromatic rings. The lowest BCUT2D eigenvalue weighted by molar-refractivity contribution is -0.139. The Bertz CT molecular complexity index is 1050. The predicted octanol–water partition coefficient (Wildman–Crippen LogP) is 3.51. The molecule has 7 heteroatoms. The number of hydrogen-bond acceptors (Lipinski definition) is 5. The lowest BCUT2D eigenvalue weighted by Gasteiger charge is -2.37. The summed E-state index contributed by atoms with van der Waals surface area (Å²) in [7, 11) is -4.06. The number of ether oxygens (including phenoxy) is 1. The predicted molar refractivity (Wildman–Crippen MR) is 108 cm³/mol. The monoisotopic (exact) mass is 410 g/mol. The van der Waals surface area contributed by atoms with Crippen LogP contribution in [-0.2, 0) is 19.6 Å². The first-order valence-electron chi connectivity index (χ1n) is 9.32. The summed E-state index contributed by atoms with van der Waals surface area (Å²) < 4.78 is 33.3. The lowest BCUT2D eigenvalue weighted by Crippen LogP contribution is -2.47. The molecule has 150 valence electrons. The van der Waals surface area contributed by atoms with Crippen molar-refractivity contribution < 1.29 is 17.9 Å². The third-order valence-corrected chi connectivity index (χ3v) is 6.72. The van der Waals surface area contributed by atoms with Crippen LogP contribution in [0.5, 0.6) is 0 Å². The largest absolute Gasteiger partial charge is 0.463 e. The molecule has 0 saturated heterocycles. The molecule has 0 spiro atoms. The van der Waals surface area contributed by atoms with Crippen LogP contribution in [0, 0.1) is 18.3 Å². The number of sulfonamides is 1. The summed E-state index contributed by atoms with van der Waals surface area (Å²) in [4.78, 5) is 12.5. The second-order valence-electron chi connectivity index (χ2n) is 6.72. The van der Waals surface area contributed by atoms with Gasteiger partial charge in [0.1, 0.15) is 6.04 Å². The van der Waals surface area contributed by atoms with E-state index in [1.54, 1.807) is 25.1 Å². The van der Waals surface area contributed by atoms with Gasteiger partial charge in [-0.2, -0.15) is 9.57 Å². The minimum Gasteiger partial charge on any atom is -0.463 e. The second kappa shape index (κ2) is 8.60. The summed E-state index contributed by atoms with van der Waals surface area (Å²) >= 11 is 0. The summed E-state index contributed by atoms with van der Waals surface area (Å²) in [6, 6.07) is 15.7. The van der Waals surface area contributed by atoms with Crippen LogP contribution in [0.25, 0.3) is 0 Å². The molecule has 2 atom stereocenters. The highest BCUT2D eigenvalue weighted by atomic mass is 32.2. The fourth-order valence-corrected chi connectivity index (χ4v) is 5.11. The van der Waals surface area contributed by atoms with Gasteiger partial charge < -0.3 is 4.74 Å². The van der Waals surface area contributed by atoms with Crippen molar-refractivity contribution in [3.05, 3.63) is 77.4 Å². The van der Waals surface area contributed by atoms with E-state index in [1.165, 1.54) is 12.1 Å². The minimum absolute atomic E-state index is 0.0530. The number of carbonyl (C=O) groups is 1. The minimum atomic E-state index is -4.06. The molecule has 1 aliphatic heterocycles. The normalized spacial score (nSPS) is 19.8. The van der Waals surface area contributed by atoms with E-state index in [2.05, 4.69) is 0 Å². The van der Waals surface area contributed by atoms with Gasteiger partial charge in [-0.3, -0.25) is 0 Å². The molecule has 6 nitrogen and oxygen atoms in total. The number of nitrogens with zero attached hydrogens (tertiary/aromatic N) is 2. The Balaban J connectivity index is 2.15. The Kier molecular flexibility index (Phi) is 6.16. The smallest absolute Gasteiger partial charge is 0.336 e. The van der Waals surface area contributed by atoms with Crippen molar-refractivity contribution in [2.45, 2.75) is 37.2 Å². The average Bonchev–Trinajstić information content (AvgIpc) is 2.73. The fraction of sp³-hybridized carbons (Fsp3) is 0.273. The van der Waals surface area contributed by atoms with Crippen molar-refractivity contribution in [1.29, 1.82) is 5.26 Å². The van der Waals surface area contributed by atoms with Crippen LogP contribution in [-0.4, -0.2) is 31.3 Å². The van der Waals surface area contributed by atoms with E-state index in [4.69, 9.17) is 4.74 Å². The van der Waals surface area contributed by atoms with Gasteiger partial charge in [0.15, 0.2) is 0 Å². The van der Waals surface area contributed by atoms with Crippen molar-refractivity contribution >= 4 is 16.0 Å². The molecule has 2 aromatic carbocycles. The summed E-state index contributed by atoms with van der Waals surface area (Å²) in [5, 5.41) is 9.86. The van der Waals surface area contributed by atoms with Gasteiger partial charge in [0, 0.05) is 0 Å². The van der Waals surface area contributed by atoms with E-state index in [-0.39, 0.29) is 23.5 Å². The van der Waals surface area contributed by atoms with Crippen LogP contribution >= 0.6 is 0 Å². The quantitative estimate of drug-likeness (QED) is 0.704. The molecule has 3 rings (SSSR count). The number of rotatable bonds is 5. The maximum absolute atomic E-state index is 13.6. The van der Waals surface area contributed by atoms with Crippen molar-refractivity contribution in [3.8, 4) is 6.07 Å². The molecule has 1 aliphatic rings. The van der Waals surface area contributed by atoms with E-state index >= 15 is 0 Å². The van der Waals surface area contributed by atoms with Crippen LogP contribution in [0.3, 0.4) is 0 Å². The van der Waals surface area contributed by atoms with Crippen LogP contribution in [0.15, 0.2) is 71.1 Å². The Hall–Kier alpha value is -2.95. The molecule has 1 heterocycles. The van der Waals surface area contributed by atoms with Gasteiger partial charge in [-0.1, -0.05) is 54.1 Å². The van der Waals surface area contributed by atoms with E-state index in [9.17, 15) is 18.5 Å². The number of esters is 1. The Morgan fingerprint density at radius 2 is 1.83 bits per heavy atom. The highest BCUT2D eigenvalue weighted by molar-refractivity contribution is 7.89. The Morgan fingerprint density at radius 1 is 1.17 bits per heavy atom. The first kappa shape index (κ1) is 20.8. The van der Waals surface area contributed by atoms with Crippen molar-refractivity contribution in [2.24, 2.45) is 0 Å². The van der Waals surface area contributed by atoms with Crippen LogP contribution < -0.4 is 0 Å². The van der Waals surface area contributed by atoms with Crippen molar-refractivity contribution in [2.75, 3.05) is 6.61 Å². The molecule has 0 aromatic heterocycles. The first-order valence-corrected chi connectivity index (χ1v) is 10.8. The Morgan fingerprint density at radius 3 is 2.41 bits per heavy atom. The van der Waals surface area contributed by atoms with E-state index in [0.717, 1.165) is 15.4 Å². The molecule has 0 amide bonds. The van der Waals surface area contributed by atoms with Crippen LogP contribution in [0.2, 0.25) is 0 Å². The summed E-state index contributed by atoms with van der Waals surface area (Å²) in [5.74, 6) is -0.672. The van der Waals surface area contributed by atoms with Gasteiger partial charge in [0.25, 0.3) is 0 Å². The molecule has 29 heavy (non-hydrogen) atoms. The zero-order valence-electron chi connectivity index (χ0n) is 16.3. The molecule has 0 fully saturated rings. The van der Waals surface area contributed by atoms with Crippen molar-refractivity contribution in [1.82, 2.24) is 4.31 Å². The van der Waals surface area contributed by atoms with Gasteiger partial charge in [0.05, 0.1) is 29.2 Å². The van der Waals surface area contributed by atoms with Crippen LogP contribution in [0.4, 0.5) is 0 Å². The molecule has 0 radical (unpaired) electrons. The number of hydrogen-bond donors (Lipinski definition) is 0. The molecule has 0 saturated carbocycles. The van der Waals surface area contributed by atoms with Crippen molar-refractivity contribution in [3.63, 3.8) is 0 Å². The molecule has 0 aliphatic carbocycles. The molecular formula is C22H22N2O4S. The second-order valence-corrected chi connectivity index (χ2v) is 8.56. The zero-order chi connectivity index (χ0) is 21.0. The maximum Gasteiger partial charge on any atom is 0.336 e. The van der Waals surface area contributed by atoms with Gasteiger partial charge in [-0.25, -0.2) is 13.2 Å². The number of benzene rings is 2. The highest BCUT2D eigenvalue weighted by Crippen LogP contribution is 2.38. The zero-order valence-corrected chi connectivity index (χ0v) is 17.1. The van der Waals surface area contributed by atoms with Crippen LogP contribution in [0.1, 0.15) is 30.5 Å². The Labute approximate surface area is 171 Å². The summed E-state index contributed by atoms with van der Waals surface area (Å²) in [6.45, 7) is 3.67. The van der Waals surface area contributed by atoms with E-state index in [0.29, 0.717) is 0 Å². The SMILES string of the molecule is CCOC(=O)C1=CC[C@@H](c2ccccc2)N(S(=O)(=O)c2ccc(C)cc2)[C@H]1C#N. The summed E-state index contributed by atoms with van der Waals surface area (Å²) in [6.07, 6.45) is 1.88. The molecule has 0 unspecified atom stereocenters. The third kappa shape index (κ3) is 4.09. The molecule has 0 bridgehead atoms. The highest BCUT2D eigenvalue weighted by Gasteiger charge is 2.44. The average molecular weight is 410 g/mol. The van der Waals surface area contributed by atoms with E-state index in [1.807, 2.05) is 43.3 Å². The van der Waals surface area contributed by atoms with Gasteiger partial charge in [-0.05, 0) is 38.0 Å². The number of aryl methyl sites for hydroxylation is 1. The van der Waals surface area contributed by atoms with Gasteiger partial charge in [0.2, 0.25) is 10.0 Å². The molecular weight excluding hydrogens is 388 g/mol. The fourth-order valence-electron chi connectivity index (χ4n) is 3.40. The molecule has 0 N–H and O–H groups in total. The third-order valence-electron chi connectivity index (χ3n) is 4.83. The van der Waals surface area contributed by atoms with Gasteiger partial charge in [-0.15, -0.1) is 0 Å².